The van der Waals surface area contributed by atoms with Crippen LogP contribution in [0.25, 0.3) is 0 Å². The van der Waals surface area contributed by atoms with Crippen molar-refractivity contribution in [2.45, 2.75) is 107 Å². The van der Waals surface area contributed by atoms with Gasteiger partial charge >= 0.3 is 5.97 Å². The van der Waals surface area contributed by atoms with Crippen LogP contribution in [0.3, 0.4) is 0 Å². The number of aliphatic imine (C=N–C) groups is 1. The molecule has 5 rings (SSSR count). The quantitative estimate of drug-likeness (QED) is 0.0679. The first-order valence-electron chi connectivity index (χ1n) is 19.9. The predicted molar refractivity (Wildman–Crippen MR) is 231 cm³/mol. The third-order valence-corrected chi connectivity index (χ3v) is 12.6. The fraction of sp³-hybridized carbons (Fsp3) is 0.378. The van der Waals surface area contributed by atoms with Gasteiger partial charge in [-0.1, -0.05) is 88.8 Å². The summed E-state index contributed by atoms with van der Waals surface area (Å²) < 4.78 is 68.6. The number of carbonyl (C=O) groups is 3. The van der Waals surface area contributed by atoms with Gasteiger partial charge in [0.1, 0.15) is 0 Å². The molecule has 1 fully saturated rings. The number of hydrogen-bond donors (Lipinski definition) is 2. The molecule has 2 amide bonds. The van der Waals surface area contributed by atoms with Crippen molar-refractivity contribution in [3.8, 4) is 0 Å². The van der Waals surface area contributed by atoms with E-state index >= 15 is 0 Å². The monoisotopic (exact) mass is 859 g/mol. The summed E-state index contributed by atoms with van der Waals surface area (Å²) in [7, 11) is -8.97. The molecule has 2 aromatic rings. The summed E-state index contributed by atoms with van der Waals surface area (Å²) in [5.41, 5.74) is 4.04. The van der Waals surface area contributed by atoms with Gasteiger partial charge in [-0.15, -0.1) is 5.06 Å². The normalized spacial score (nSPS) is 18.8. The molecule has 2 N–H and O–H groups in total. The zero-order valence-corrected chi connectivity index (χ0v) is 36.3. The molecule has 0 bridgehead atoms. The Morgan fingerprint density at radius 3 is 2.23 bits per heavy atom. The molecule has 0 atom stereocenters. The Morgan fingerprint density at radius 2 is 1.53 bits per heavy atom. The van der Waals surface area contributed by atoms with E-state index in [0.29, 0.717) is 54.3 Å². The van der Waals surface area contributed by atoms with Gasteiger partial charge in [-0.3, -0.25) is 23.7 Å². The average molecular weight is 860 g/mol. The van der Waals surface area contributed by atoms with Crippen LogP contribution in [0.15, 0.2) is 123 Å². The van der Waals surface area contributed by atoms with Gasteiger partial charge in [0.05, 0.1) is 9.79 Å². The Morgan fingerprint density at radius 1 is 0.883 bits per heavy atom. The molecular weight excluding hydrogens is 807 g/mol. The lowest BCUT2D eigenvalue weighted by molar-refractivity contribution is -0.197. The number of amides is 2. The third kappa shape index (κ3) is 11.1. The Kier molecular flexibility index (Phi) is 14.5. The van der Waals surface area contributed by atoms with Crippen LogP contribution in [0.4, 0.5) is 5.69 Å². The molecule has 2 heterocycles. The van der Waals surface area contributed by atoms with Gasteiger partial charge in [0.2, 0.25) is 0 Å². The van der Waals surface area contributed by atoms with Gasteiger partial charge in [-0.25, -0.2) is 4.79 Å². The molecule has 320 valence electrons. The summed E-state index contributed by atoms with van der Waals surface area (Å²) >= 11 is 0. The van der Waals surface area contributed by atoms with Gasteiger partial charge in [0.25, 0.3) is 32.1 Å². The van der Waals surface area contributed by atoms with Crippen molar-refractivity contribution >= 4 is 49.4 Å². The largest absolute Gasteiger partial charge is 0.344 e. The number of imide groups is 1. The number of hydrogen-bond acceptors (Lipinski definition) is 10. The van der Waals surface area contributed by atoms with E-state index in [1.807, 2.05) is 83.2 Å². The van der Waals surface area contributed by atoms with Crippen molar-refractivity contribution in [2.75, 3.05) is 18.0 Å². The predicted octanol–water partition coefficient (Wildman–Crippen LogP) is 8.00. The topological polar surface area (TPSA) is 188 Å². The molecule has 1 aliphatic carbocycles. The molecule has 60 heavy (non-hydrogen) atoms. The number of nitrogens with zero attached hydrogens (tertiary/aromatic N) is 3. The molecule has 0 spiro atoms. The summed E-state index contributed by atoms with van der Waals surface area (Å²) in [4.78, 5) is 47.8. The molecule has 13 nitrogen and oxygen atoms in total. The highest BCUT2D eigenvalue weighted by molar-refractivity contribution is 7.86. The maximum absolute atomic E-state index is 12.4. The van der Waals surface area contributed by atoms with Crippen LogP contribution in [0, 0.1) is 6.92 Å². The van der Waals surface area contributed by atoms with Crippen LogP contribution in [0.2, 0.25) is 0 Å². The van der Waals surface area contributed by atoms with Gasteiger partial charge in [-0.05, 0) is 97.4 Å². The molecule has 0 aromatic heterocycles. The average Bonchev–Trinajstić information content (AvgIpc) is 3.58. The van der Waals surface area contributed by atoms with Crippen molar-refractivity contribution in [2.24, 2.45) is 4.99 Å². The minimum atomic E-state index is -4.49. The number of allylic oxidation sites excluding steroid dienone is 12. The van der Waals surface area contributed by atoms with Crippen molar-refractivity contribution in [1.29, 1.82) is 0 Å². The first-order valence-corrected chi connectivity index (χ1v) is 22.8. The van der Waals surface area contributed by atoms with Gasteiger partial charge in [-0.2, -0.15) is 16.8 Å². The molecule has 0 radical (unpaired) electrons. The standard InChI is InChI=1S/C45H53N3O10S2/c1-32-22-23-34(59(52,53)54)30-36(32)44(2,3)39(46-28-15-18-33-16-10-7-6-8-11-17-33)19-14-20-40-45(4,5)37-31-35(60(55,56)57)24-25-38(37)47(40)29-13-9-12-21-43(51)58-48-41(49)26-27-42(48)50/h6-8,10-11,14,16-17,19-20,22-25,30-31H,9,12-13,15,18,21,26-29H2,1-5H3,(H,52,53,54)(H,55,56,57)/b7-6-,8-6?,10-7?,11-8-,16-10?,17-11?,19-14+,33-16?,33-17?,40-20+,46-39?. The second-order valence-electron chi connectivity index (χ2n) is 16.0. The van der Waals surface area contributed by atoms with E-state index < -0.39 is 48.8 Å². The zero-order chi connectivity index (χ0) is 43.9. The van der Waals surface area contributed by atoms with Crippen molar-refractivity contribution in [1.82, 2.24) is 5.06 Å². The maximum Gasteiger partial charge on any atom is 0.333 e. The van der Waals surface area contributed by atoms with Crippen LogP contribution in [-0.2, 0) is 50.3 Å². The first-order chi connectivity index (χ1) is 28.2. The fourth-order valence-electron chi connectivity index (χ4n) is 7.59. The number of fused-ring (bicyclic) bond motifs is 1. The molecule has 15 heteroatoms. The van der Waals surface area contributed by atoms with E-state index in [-0.39, 0.29) is 29.1 Å². The van der Waals surface area contributed by atoms with Gasteiger partial charge in [0.15, 0.2) is 0 Å². The Hall–Kier alpha value is -5.22. The van der Waals surface area contributed by atoms with Crippen LogP contribution in [0.1, 0.15) is 95.8 Å². The lowest BCUT2D eigenvalue weighted by Gasteiger charge is -2.29. The summed E-state index contributed by atoms with van der Waals surface area (Å²) in [6.45, 7) is 10.7. The second-order valence-corrected chi connectivity index (χ2v) is 18.9. The third-order valence-electron chi connectivity index (χ3n) is 10.9. The minimum Gasteiger partial charge on any atom is -0.344 e. The minimum absolute atomic E-state index is 0.00942. The van der Waals surface area contributed by atoms with Crippen LogP contribution >= 0.6 is 0 Å². The van der Waals surface area contributed by atoms with Crippen LogP contribution in [0.5, 0.6) is 0 Å². The van der Waals surface area contributed by atoms with E-state index in [4.69, 9.17) is 9.83 Å². The van der Waals surface area contributed by atoms with E-state index in [1.165, 1.54) is 24.3 Å². The number of aryl methyl sites for hydroxylation is 1. The Labute approximate surface area is 353 Å². The molecule has 3 aliphatic rings. The number of carbonyl (C=O) groups excluding carboxylic acids is 3. The lowest BCUT2D eigenvalue weighted by atomic mass is 9.77. The molecular formula is C45H53N3O10S2. The molecule has 0 unspecified atom stereocenters. The number of hydroxylamine groups is 2. The number of benzene rings is 2. The molecule has 2 aromatic carbocycles. The van der Waals surface area contributed by atoms with Crippen LogP contribution < -0.4 is 4.90 Å². The second kappa shape index (κ2) is 19.0. The fourth-order valence-corrected chi connectivity index (χ4v) is 8.61. The highest BCUT2D eigenvalue weighted by atomic mass is 32.2. The smallest absolute Gasteiger partial charge is 0.333 e. The molecule has 0 saturated carbocycles. The van der Waals surface area contributed by atoms with Gasteiger partial charge in [0, 0.05) is 60.3 Å². The summed E-state index contributed by atoms with van der Waals surface area (Å²) in [5.74, 6) is -1.74. The zero-order valence-electron chi connectivity index (χ0n) is 34.6. The molecule has 2 aliphatic heterocycles. The molecule has 1 saturated heterocycles. The van der Waals surface area contributed by atoms with Crippen LogP contribution in [-0.4, -0.2) is 67.6 Å². The Balaban J connectivity index is 1.44. The Bertz CT molecular complexity index is 2440. The SMILES string of the molecule is Cc1ccc(S(=O)(=O)O)cc1C(C)(C)C(/C=C/C=C1/N(CCCCCC(=O)ON2C(=O)CCC2=O)c2ccc(S(=O)(=O)O)cc2C1(C)C)=NCCCC1=C/C=C\C=C/C=C1. The summed E-state index contributed by atoms with van der Waals surface area (Å²) in [5, 5.41) is 0.538. The summed E-state index contributed by atoms with van der Waals surface area (Å²) in [6.07, 6.45) is 22.9. The van der Waals surface area contributed by atoms with Crippen molar-refractivity contribution < 1.29 is 45.2 Å². The number of unbranched alkanes of at least 4 members (excludes halogenated alkanes) is 2. The van der Waals surface area contributed by atoms with E-state index in [1.54, 1.807) is 12.1 Å². The van der Waals surface area contributed by atoms with E-state index in [0.717, 1.165) is 35.4 Å². The van der Waals surface area contributed by atoms with Crippen molar-refractivity contribution in [3.05, 3.63) is 125 Å². The van der Waals surface area contributed by atoms with E-state index in [9.17, 15) is 40.3 Å². The number of rotatable bonds is 17. The lowest BCUT2D eigenvalue weighted by Crippen LogP contribution is -2.32. The van der Waals surface area contributed by atoms with Crippen molar-refractivity contribution in [3.63, 3.8) is 0 Å². The maximum atomic E-state index is 12.4. The summed E-state index contributed by atoms with van der Waals surface area (Å²) in [6, 6.07) is 9.01. The van der Waals surface area contributed by atoms with E-state index in [2.05, 4.69) is 17.1 Å². The first kappa shape index (κ1) is 45.9. The highest BCUT2D eigenvalue weighted by Gasteiger charge is 2.40. The highest BCUT2D eigenvalue weighted by Crippen LogP contribution is 2.48. The number of anilines is 1. The van der Waals surface area contributed by atoms with Gasteiger partial charge < -0.3 is 9.74 Å².